The quantitative estimate of drug-likeness (QED) is 0.395. The van der Waals surface area contributed by atoms with Gasteiger partial charge in [0.25, 0.3) is 0 Å². The number of carbonyl (C=O) groups excluding carboxylic acids is 2. The van der Waals surface area contributed by atoms with Gasteiger partial charge in [0.15, 0.2) is 0 Å². The lowest BCUT2D eigenvalue weighted by atomic mass is 10.2. The maximum Gasteiger partial charge on any atom is 0.407 e. The number of hydrogen-bond donors (Lipinski definition) is 2. The van der Waals surface area contributed by atoms with Crippen LogP contribution in [0.2, 0.25) is 0 Å². The van der Waals surface area contributed by atoms with Crippen LogP contribution in [0.3, 0.4) is 0 Å². The van der Waals surface area contributed by atoms with Crippen molar-refractivity contribution in [3.05, 3.63) is 84.6 Å². The summed E-state index contributed by atoms with van der Waals surface area (Å²) in [5.41, 5.74) is 3.29. The van der Waals surface area contributed by atoms with E-state index in [0.717, 1.165) is 16.9 Å². The van der Waals surface area contributed by atoms with Crippen LogP contribution in [0.15, 0.2) is 73.3 Å². The highest BCUT2D eigenvalue weighted by Gasteiger charge is 2.08. The first-order chi connectivity index (χ1) is 15.7. The Morgan fingerprint density at radius 1 is 1.03 bits per heavy atom. The predicted octanol–water partition coefficient (Wildman–Crippen LogP) is 3.22. The third-order valence-corrected chi connectivity index (χ3v) is 4.72. The molecule has 164 valence electrons. The molecular formula is C23H24N6O3. The minimum absolute atomic E-state index is 0.142. The number of fused-ring (bicyclic) bond motifs is 1. The highest BCUT2D eigenvalue weighted by molar-refractivity contribution is 5.90. The largest absolute Gasteiger partial charge is 0.445 e. The minimum atomic E-state index is -0.498. The van der Waals surface area contributed by atoms with Gasteiger partial charge >= 0.3 is 6.09 Å². The Hall–Kier alpha value is -4.14. The van der Waals surface area contributed by atoms with Crippen molar-refractivity contribution < 1.29 is 14.3 Å². The SMILES string of the molecule is O=C(CCCNC(=O)OCc1ccccc1)Nc1cnn(Cc2cn3ccccc3n2)c1. The van der Waals surface area contributed by atoms with Gasteiger partial charge in [0, 0.05) is 31.6 Å². The van der Waals surface area contributed by atoms with E-state index < -0.39 is 6.09 Å². The number of rotatable bonds is 9. The van der Waals surface area contributed by atoms with Gasteiger partial charge in [0.1, 0.15) is 12.3 Å². The third-order valence-electron chi connectivity index (χ3n) is 4.72. The number of hydrogen-bond acceptors (Lipinski definition) is 5. The van der Waals surface area contributed by atoms with Gasteiger partial charge in [-0.25, -0.2) is 9.78 Å². The standard InChI is InChI=1S/C23H24N6O3/c30-22(10-6-11-24-23(31)32-17-18-7-2-1-3-8-18)27-19-13-25-29(15-19)16-20-14-28-12-5-4-9-21(28)26-20/h1-5,7-9,12-15H,6,10-11,16-17H2,(H,24,31)(H,27,30). The Bertz CT molecular complexity index is 1150. The monoisotopic (exact) mass is 432 g/mol. The Labute approximate surface area is 185 Å². The fourth-order valence-corrected chi connectivity index (χ4v) is 3.18. The van der Waals surface area contributed by atoms with E-state index >= 15 is 0 Å². The first-order valence-electron chi connectivity index (χ1n) is 10.4. The number of pyridine rings is 1. The van der Waals surface area contributed by atoms with Gasteiger partial charge in [-0.05, 0) is 24.1 Å². The molecule has 32 heavy (non-hydrogen) atoms. The van der Waals surface area contributed by atoms with Crippen LogP contribution >= 0.6 is 0 Å². The molecule has 0 saturated heterocycles. The molecule has 4 rings (SSSR count). The van der Waals surface area contributed by atoms with Crippen LogP contribution in [0.1, 0.15) is 24.1 Å². The van der Waals surface area contributed by atoms with Crippen LogP contribution in [0.5, 0.6) is 0 Å². The molecule has 3 aromatic heterocycles. The topological polar surface area (TPSA) is 103 Å². The molecule has 0 unspecified atom stereocenters. The summed E-state index contributed by atoms with van der Waals surface area (Å²) in [6.45, 7) is 1.08. The van der Waals surface area contributed by atoms with Crippen LogP contribution in [0, 0.1) is 0 Å². The Morgan fingerprint density at radius 2 is 1.88 bits per heavy atom. The second-order valence-electron chi connectivity index (χ2n) is 7.27. The molecule has 0 aliphatic carbocycles. The summed E-state index contributed by atoms with van der Waals surface area (Å²) in [6, 6.07) is 15.3. The van der Waals surface area contributed by atoms with Crippen molar-refractivity contribution in [3.63, 3.8) is 0 Å². The number of alkyl carbamates (subject to hydrolysis) is 1. The summed E-state index contributed by atoms with van der Waals surface area (Å²) in [7, 11) is 0. The molecule has 3 heterocycles. The van der Waals surface area contributed by atoms with Crippen LogP contribution in [-0.4, -0.2) is 37.7 Å². The van der Waals surface area contributed by atoms with Crippen molar-refractivity contribution in [2.75, 3.05) is 11.9 Å². The van der Waals surface area contributed by atoms with Gasteiger partial charge in [0.2, 0.25) is 5.91 Å². The fourth-order valence-electron chi connectivity index (χ4n) is 3.18. The van der Waals surface area contributed by atoms with Crippen LogP contribution in [0.4, 0.5) is 10.5 Å². The summed E-state index contributed by atoms with van der Waals surface area (Å²) in [6.07, 6.45) is 7.54. The predicted molar refractivity (Wildman–Crippen MR) is 119 cm³/mol. The van der Waals surface area contributed by atoms with Crippen LogP contribution in [0.25, 0.3) is 5.65 Å². The van der Waals surface area contributed by atoms with Crippen LogP contribution < -0.4 is 10.6 Å². The lowest BCUT2D eigenvalue weighted by molar-refractivity contribution is -0.116. The van der Waals surface area contributed by atoms with Gasteiger partial charge in [-0.3, -0.25) is 9.48 Å². The molecule has 2 N–H and O–H groups in total. The number of nitrogens with zero attached hydrogens (tertiary/aromatic N) is 4. The van der Waals surface area contributed by atoms with Crippen molar-refractivity contribution in [3.8, 4) is 0 Å². The molecular weight excluding hydrogens is 408 g/mol. The van der Waals surface area contributed by atoms with Gasteiger partial charge in [0.05, 0.1) is 24.1 Å². The molecule has 0 atom stereocenters. The normalized spacial score (nSPS) is 10.8. The minimum Gasteiger partial charge on any atom is -0.445 e. The van der Waals surface area contributed by atoms with Gasteiger partial charge in [-0.15, -0.1) is 0 Å². The van der Waals surface area contributed by atoms with E-state index in [9.17, 15) is 9.59 Å². The zero-order chi connectivity index (χ0) is 22.2. The first-order valence-corrected chi connectivity index (χ1v) is 10.4. The summed E-state index contributed by atoms with van der Waals surface area (Å²) >= 11 is 0. The molecule has 0 spiro atoms. The average molecular weight is 432 g/mol. The summed E-state index contributed by atoms with van der Waals surface area (Å²) in [5, 5.41) is 9.74. The van der Waals surface area contributed by atoms with E-state index in [1.165, 1.54) is 0 Å². The Balaban J connectivity index is 1.15. The second-order valence-corrected chi connectivity index (χ2v) is 7.27. The maximum atomic E-state index is 12.1. The van der Waals surface area contributed by atoms with Crippen molar-refractivity contribution in [2.45, 2.75) is 26.0 Å². The van der Waals surface area contributed by atoms with E-state index in [0.29, 0.717) is 25.2 Å². The first kappa shape index (κ1) is 21.1. The summed E-state index contributed by atoms with van der Waals surface area (Å²) in [5.74, 6) is -0.142. The van der Waals surface area contributed by atoms with Gasteiger partial charge in [-0.2, -0.15) is 5.10 Å². The van der Waals surface area contributed by atoms with Crippen LogP contribution in [-0.2, 0) is 22.7 Å². The van der Waals surface area contributed by atoms with Crippen molar-refractivity contribution in [1.82, 2.24) is 24.5 Å². The molecule has 0 radical (unpaired) electrons. The zero-order valence-corrected chi connectivity index (χ0v) is 17.5. The smallest absolute Gasteiger partial charge is 0.407 e. The molecule has 2 amide bonds. The fraction of sp³-hybridized carbons (Fsp3) is 0.217. The molecule has 9 heteroatoms. The van der Waals surface area contributed by atoms with Crippen molar-refractivity contribution in [1.29, 1.82) is 0 Å². The number of carbonyl (C=O) groups is 2. The van der Waals surface area contributed by atoms with Gasteiger partial charge < -0.3 is 19.8 Å². The zero-order valence-electron chi connectivity index (χ0n) is 17.5. The summed E-state index contributed by atoms with van der Waals surface area (Å²) < 4.78 is 8.81. The second kappa shape index (κ2) is 10.3. The Morgan fingerprint density at radius 3 is 2.72 bits per heavy atom. The average Bonchev–Trinajstić information content (AvgIpc) is 3.42. The van der Waals surface area contributed by atoms with Crippen molar-refractivity contribution >= 4 is 23.3 Å². The third kappa shape index (κ3) is 5.94. The van der Waals surface area contributed by atoms with E-state index in [-0.39, 0.29) is 18.9 Å². The molecule has 4 aromatic rings. The molecule has 0 saturated carbocycles. The van der Waals surface area contributed by atoms with Gasteiger partial charge in [-0.1, -0.05) is 36.4 Å². The highest BCUT2D eigenvalue weighted by Crippen LogP contribution is 2.10. The van der Waals surface area contributed by atoms with Crippen molar-refractivity contribution in [2.24, 2.45) is 0 Å². The lowest BCUT2D eigenvalue weighted by Crippen LogP contribution is -2.26. The summed E-state index contributed by atoms with van der Waals surface area (Å²) in [4.78, 5) is 28.4. The number of aromatic nitrogens is 4. The Kier molecular flexibility index (Phi) is 6.76. The molecule has 0 bridgehead atoms. The van der Waals surface area contributed by atoms with E-state index in [1.54, 1.807) is 17.1 Å². The van der Waals surface area contributed by atoms with E-state index in [1.807, 2.05) is 65.3 Å². The number of benzene rings is 1. The molecule has 0 fully saturated rings. The molecule has 9 nitrogen and oxygen atoms in total. The number of imidazole rings is 1. The van der Waals surface area contributed by atoms with E-state index in [4.69, 9.17) is 4.74 Å². The maximum absolute atomic E-state index is 12.1. The number of amides is 2. The van der Waals surface area contributed by atoms with E-state index in [2.05, 4.69) is 20.7 Å². The highest BCUT2D eigenvalue weighted by atomic mass is 16.5. The molecule has 0 aliphatic rings. The number of nitrogens with one attached hydrogen (secondary N) is 2. The number of anilines is 1. The molecule has 1 aromatic carbocycles. The molecule has 0 aliphatic heterocycles. The lowest BCUT2D eigenvalue weighted by Gasteiger charge is -2.07. The number of ether oxygens (including phenoxy) is 1.